The maximum Gasteiger partial charge on any atom is 0.256 e. The van der Waals surface area contributed by atoms with Crippen molar-refractivity contribution in [1.29, 1.82) is 0 Å². The second-order valence-electron chi connectivity index (χ2n) is 7.53. The molecule has 1 aliphatic heterocycles. The molecule has 150 valence electrons. The van der Waals surface area contributed by atoms with Gasteiger partial charge < -0.3 is 15.0 Å². The van der Waals surface area contributed by atoms with Crippen LogP contribution < -0.4 is 15.0 Å². The van der Waals surface area contributed by atoms with Crippen molar-refractivity contribution < 1.29 is 13.9 Å². The van der Waals surface area contributed by atoms with Crippen molar-refractivity contribution in [3.8, 4) is 5.88 Å². The highest BCUT2D eigenvalue weighted by Gasteiger charge is 2.52. The lowest BCUT2D eigenvalue weighted by atomic mass is 10.0. The van der Waals surface area contributed by atoms with Crippen molar-refractivity contribution in [2.24, 2.45) is 0 Å². The number of nitrogens with zero attached hydrogens (tertiary/aromatic N) is 5. The zero-order chi connectivity index (χ0) is 20.2. The molecule has 1 atom stereocenters. The number of hydrogen-bond donors (Lipinski definition) is 1. The first-order valence-electron chi connectivity index (χ1n) is 9.75. The maximum absolute atomic E-state index is 14.2. The smallest absolute Gasteiger partial charge is 0.256 e. The van der Waals surface area contributed by atoms with Crippen LogP contribution in [-0.2, 0) is 5.54 Å². The van der Waals surface area contributed by atoms with E-state index in [4.69, 9.17) is 9.72 Å². The van der Waals surface area contributed by atoms with Crippen LogP contribution in [0.15, 0.2) is 30.7 Å². The Labute approximate surface area is 166 Å². The van der Waals surface area contributed by atoms with E-state index in [0.717, 1.165) is 19.0 Å². The van der Waals surface area contributed by atoms with Gasteiger partial charge in [0.25, 0.3) is 5.91 Å². The molecule has 0 aromatic carbocycles. The van der Waals surface area contributed by atoms with Gasteiger partial charge in [0, 0.05) is 18.3 Å². The molecule has 0 radical (unpaired) electrons. The molecule has 1 amide bonds. The molecule has 9 heteroatoms. The number of nitrogens with one attached hydrogen (secondary N) is 1. The fourth-order valence-corrected chi connectivity index (χ4v) is 4.07. The van der Waals surface area contributed by atoms with Gasteiger partial charge in [-0.2, -0.15) is 5.10 Å². The molecule has 1 fully saturated rings. The molecule has 1 spiro atoms. The Bertz CT molecular complexity index is 1110. The Balaban J connectivity index is 1.72. The summed E-state index contributed by atoms with van der Waals surface area (Å²) in [6.07, 6.45) is 5.80. The highest BCUT2D eigenvalue weighted by Crippen LogP contribution is 2.54. The Morgan fingerprint density at radius 3 is 2.97 bits per heavy atom. The second kappa shape index (κ2) is 6.40. The third-order valence-electron chi connectivity index (χ3n) is 5.61. The molecule has 2 bridgehead atoms. The third kappa shape index (κ3) is 2.80. The van der Waals surface area contributed by atoms with Crippen LogP contribution in [0.4, 0.5) is 10.2 Å². The molecule has 3 aromatic heterocycles. The standard InChI is InChI=1S/C20H21FN6O2/c1-3-26-16-4-7-27-17(25-16)14(11-24-27)18(28)22-9-12(2)29-19-15(20(26)5-6-20)8-13(21)10-23-19/h4,7-8,10-12H,3,5-6,9H2,1-2H3,(H,22,28)/t12-/m0/s1. The molecule has 29 heavy (non-hydrogen) atoms. The molecule has 1 aliphatic carbocycles. The van der Waals surface area contributed by atoms with Crippen LogP contribution in [0.5, 0.6) is 5.88 Å². The Morgan fingerprint density at radius 2 is 2.21 bits per heavy atom. The SMILES string of the molecule is CCN1c2ccn3ncc(c3n2)C(=O)NC[C@H](C)Oc2ncc(F)cc2C12CC2. The summed E-state index contributed by atoms with van der Waals surface area (Å²) in [5.74, 6) is 0.430. The summed E-state index contributed by atoms with van der Waals surface area (Å²) in [5, 5.41) is 7.09. The molecule has 4 heterocycles. The van der Waals surface area contributed by atoms with E-state index in [9.17, 15) is 9.18 Å². The Morgan fingerprint density at radius 1 is 1.38 bits per heavy atom. The fourth-order valence-electron chi connectivity index (χ4n) is 4.07. The van der Waals surface area contributed by atoms with Crippen molar-refractivity contribution in [3.63, 3.8) is 0 Å². The van der Waals surface area contributed by atoms with Gasteiger partial charge in [0.1, 0.15) is 23.3 Å². The Kier molecular flexibility index (Phi) is 3.94. The first-order chi connectivity index (χ1) is 14.0. The zero-order valence-corrected chi connectivity index (χ0v) is 16.2. The van der Waals surface area contributed by atoms with E-state index in [1.54, 1.807) is 10.7 Å². The number of anilines is 1. The average molecular weight is 396 g/mol. The lowest BCUT2D eigenvalue weighted by Crippen LogP contribution is -2.37. The first-order valence-corrected chi connectivity index (χ1v) is 9.75. The topological polar surface area (TPSA) is 84.7 Å². The van der Waals surface area contributed by atoms with Crippen molar-refractivity contribution in [2.45, 2.75) is 38.3 Å². The van der Waals surface area contributed by atoms with Crippen LogP contribution in [-0.4, -0.2) is 44.7 Å². The summed E-state index contributed by atoms with van der Waals surface area (Å²) in [4.78, 5) is 23.8. The summed E-state index contributed by atoms with van der Waals surface area (Å²) < 4.78 is 21.8. The monoisotopic (exact) mass is 396 g/mol. The van der Waals surface area contributed by atoms with Crippen LogP contribution in [0.1, 0.15) is 42.6 Å². The van der Waals surface area contributed by atoms with Gasteiger partial charge in [-0.05, 0) is 38.8 Å². The number of halogens is 1. The number of pyridine rings is 1. The van der Waals surface area contributed by atoms with Crippen LogP contribution in [0.25, 0.3) is 5.65 Å². The molecule has 0 unspecified atom stereocenters. The van der Waals surface area contributed by atoms with E-state index in [0.29, 0.717) is 35.0 Å². The maximum atomic E-state index is 14.2. The normalized spacial score (nSPS) is 20.4. The summed E-state index contributed by atoms with van der Waals surface area (Å²) >= 11 is 0. The summed E-state index contributed by atoms with van der Waals surface area (Å²) in [5.41, 5.74) is 1.17. The number of amides is 1. The summed E-state index contributed by atoms with van der Waals surface area (Å²) in [7, 11) is 0. The molecule has 1 saturated carbocycles. The number of ether oxygens (including phenoxy) is 1. The molecular formula is C20H21FN6O2. The Hall–Kier alpha value is -3.23. The van der Waals surface area contributed by atoms with E-state index in [-0.39, 0.29) is 18.6 Å². The molecule has 8 nitrogen and oxygen atoms in total. The highest BCUT2D eigenvalue weighted by molar-refractivity contribution is 5.99. The van der Waals surface area contributed by atoms with Gasteiger partial charge in [-0.15, -0.1) is 0 Å². The molecule has 2 aliphatic rings. The van der Waals surface area contributed by atoms with Crippen LogP contribution in [0, 0.1) is 5.82 Å². The number of aromatic nitrogens is 4. The van der Waals surface area contributed by atoms with Crippen molar-refractivity contribution >= 4 is 17.4 Å². The van der Waals surface area contributed by atoms with Gasteiger partial charge >= 0.3 is 0 Å². The minimum absolute atomic E-state index is 0.268. The van der Waals surface area contributed by atoms with E-state index < -0.39 is 11.4 Å². The van der Waals surface area contributed by atoms with Crippen LogP contribution in [0.3, 0.4) is 0 Å². The minimum Gasteiger partial charge on any atom is -0.473 e. The number of hydrogen-bond acceptors (Lipinski definition) is 6. The van der Waals surface area contributed by atoms with E-state index in [1.807, 2.05) is 19.9 Å². The second-order valence-corrected chi connectivity index (χ2v) is 7.53. The van der Waals surface area contributed by atoms with Crippen molar-refractivity contribution in [2.75, 3.05) is 18.0 Å². The van der Waals surface area contributed by atoms with E-state index >= 15 is 0 Å². The largest absolute Gasteiger partial charge is 0.473 e. The highest BCUT2D eigenvalue weighted by atomic mass is 19.1. The van der Waals surface area contributed by atoms with Crippen LogP contribution in [0.2, 0.25) is 0 Å². The van der Waals surface area contributed by atoms with Gasteiger partial charge in [-0.1, -0.05) is 0 Å². The van der Waals surface area contributed by atoms with Gasteiger partial charge in [0.2, 0.25) is 5.88 Å². The predicted octanol–water partition coefficient (Wildman–Crippen LogP) is 2.29. The third-order valence-corrected chi connectivity index (χ3v) is 5.61. The number of fused-ring (bicyclic) bond motifs is 3. The van der Waals surface area contributed by atoms with Crippen LogP contribution >= 0.6 is 0 Å². The minimum atomic E-state index is -0.435. The van der Waals surface area contributed by atoms with Gasteiger partial charge in [0.05, 0.1) is 24.5 Å². The average Bonchev–Trinajstić information content (AvgIpc) is 3.39. The molecule has 3 aromatic rings. The van der Waals surface area contributed by atoms with Crippen molar-refractivity contribution in [3.05, 3.63) is 47.7 Å². The van der Waals surface area contributed by atoms with E-state index in [2.05, 4.69) is 20.3 Å². The quantitative estimate of drug-likeness (QED) is 0.679. The number of carbonyl (C=O) groups excluding carboxylic acids is 1. The molecular weight excluding hydrogens is 375 g/mol. The predicted molar refractivity (Wildman–Crippen MR) is 104 cm³/mol. The zero-order valence-electron chi connectivity index (χ0n) is 16.2. The fraction of sp³-hybridized carbons (Fsp3) is 0.400. The number of rotatable bonds is 1. The van der Waals surface area contributed by atoms with E-state index in [1.165, 1.54) is 12.3 Å². The molecule has 1 N–H and O–H groups in total. The first kappa shape index (κ1) is 17.8. The molecule has 5 rings (SSSR count). The summed E-state index contributed by atoms with van der Waals surface area (Å²) in [6.45, 7) is 4.81. The van der Waals surface area contributed by atoms with Gasteiger partial charge in [-0.25, -0.2) is 18.9 Å². The van der Waals surface area contributed by atoms with Gasteiger partial charge in [0.15, 0.2) is 5.65 Å². The number of carbonyl (C=O) groups is 1. The lowest BCUT2D eigenvalue weighted by molar-refractivity contribution is 0.0931. The van der Waals surface area contributed by atoms with Crippen molar-refractivity contribution in [1.82, 2.24) is 24.9 Å². The van der Waals surface area contributed by atoms with Gasteiger partial charge in [-0.3, -0.25) is 4.79 Å². The lowest BCUT2D eigenvalue weighted by Gasteiger charge is -2.33. The summed E-state index contributed by atoms with van der Waals surface area (Å²) in [6, 6.07) is 3.37. The molecule has 0 saturated heterocycles.